The van der Waals surface area contributed by atoms with E-state index in [2.05, 4.69) is 246 Å². The van der Waals surface area contributed by atoms with Gasteiger partial charge in [0, 0.05) is 52.4 Å². The van der Waals surface area contributed by atoms with Crippen LogP contribution >= 0.6 is 0 Å². The molecule has 0 aliphatic carbocycles. The van der Waals surface area contributed by atoms with Crippen LogP contribution in [0.5, 0.6) is 0 Å². The van der Waals surface area contributed by atoms with E-state index in [0.29, 0.717) is 0 Å². The van der Waals surface area contributed by atoms with Gasteiger partial charge in [-0.3, -0.25) is 4.99 Å². The van der Waals surface area contributed by atoms with Crippen LogP contribution in [0.2, 0.25) is 0 Å². The summed E-state index contributed by atoms with van der Waals surface area (Å²) in [5.41, 5.74) is 20.7. The molecule has 0 N–H and O–H groups in total. The van der Waals surface area contributed by atoms with Gasteiger partial charge < -0.3 is 9.80 Å². The maximum Gasteiger partial charge on any atom is 0.0721 e. The van der Waals surface area contributed by atoms with Crippen molar-refractivity contribution in [3.8, 4) is 22.3 Å². The van der Waals surface area contributed by atoms with Crippen LogP contribution in [-0.2, 0) is 5.41 Å². The van der Waals surface area contributed by atoms with Gasteiger partial charge in [0.25, 0.3) is 0 Å². The molecule has 0 amide bonds. The van der Waals surface area contributed by atoms with Gasteiger partial charge in [0.15, 0.2) is 0 Å². The van der Waals surface area contributed by atoms with E-state index in [0.717, 1.165) is 57.1 Å². The molecule has 0 aromatic heterocycles. The Bertz CT molecular complexity index is 3150. The van der Waals surface area contributed by atoms with E-state index in [1.165, 1.54) is 61.0 Å². The van der Waals surface area contributed by atoms with E-state index in [-0.39, 0.29) is 5.41 Å². The molecule has 7 aromatic rings. The predicted molar refractivity (Wildman–Crippen MR) is 304 cm³/mol. The standard InChI is InChI=1S/C62H57N3.2C2H6/c1-9-22-48-41-64(50-30-21-27-47(38-50)60-52-31-20-19-24-43(52)32-36-54(60)61(63-8)44-25-15-13-16-26-44)59-40-46(33-35-53(59)51(11-3)42(48)5)45-34-37-58-56(39-45)62(6,7)55(12-4)57(23-10-2)65(58)49-28-17-14-18-29-49;2*1-2/h9-10,12-41H,4,11H2,1-3,5-8H3;2*1-2H3/b22-9-,23-10-,63-61?;;. The summed E-state index contributed by atoms with van der Waals surface area (Å²) in [5.74, 6) is 0. The first-order valence-corrected chi connectivity index (χ1v) is 24.8. The average molecular weight is 904 g/mol. The Morgan fingerprint density at radius 3 is 1.99 bits per heavy atom. The molecule has 69 heavy (non-hydrogen) atoms. The van der Waals surface area contributed by atoms with Crippen molar-refractivity contribution >= 4 is 44.8 Å². The van der Waals surface area contributed by atoms with Gasteiger partial charge in [0.2, 0.25) is 0 Å². The molecular weight excluding hydrogens is 835 g/mol. The highest BCUT2D eigenvalue weighted by Gasteiger charge is 2.37. The molecule has 0 saturated heterocycles. The van der Waals surface area contributed by atoms with Crippen LogP contribution in [0, 0.1) is 0 Å². The van der Waals surface area contributed by atoms with Crippen molar-refractivity contribution < 1.29 is 0 Å². The molecule has 3 nitrogen and oxygen atoms in total. The fourth-order valence-corrected chi connectivity index (χ4v) is 10.1. The third-order valence-electron chi connectivity index (χ3n) is 13.3. The van der Waals surface area contributed by atoms with Gasteiger partial charge in [-0.15, -0.1) is 0 Å². The Labute approximate surface area is 413 Å². The summed E-state index contributed by atoms with van der Waals surface area (Å²) in [4.78, 5) is 9.72. The number of hydrogen-bond donors (Lipinski definition) is 0. The van der Waals surface area contributed by atoms with Crippen LogP contribution < -0.4 is 9.80 Å². The molecule has 0 radical (unpaired) electrons. The molecule has 348 valence electrons. The number of aliphatic imine (C=N–C) groups is 1. The Hall–Kier alpha value is -7.49. The topological polar surface area (TPSA) is 18.8 Å². The molecule has 0 unspecified atom stereocenters. The molecule has 2 aliphatic rings. The maximum absolute atomic E-state index is 4.92. The second-order valence-electron chi connectivity index (χ2n) is 17.4. The number of anilines is 4. The SMILES string of the molecule is C=CC1=C(/C=C\C)N(c2ccccc2)c2ccc(-c3ccc4c(c3)N(c3cccc(-c5c(C(=NC)c6ccccc6)ccc6ccccc56)c3)C=C(/C=C\C)C(C)=C4CC)cc2C1(C)C.CC.CC. The molecule has 0 saturated carbocycles. The average Bonchev–Trinajstić information content (AvgIpc) is 3.51. The first-order valence-electron chi connectivity index (χ1n) is 24.8. The minimum atomic E-state index is -0.298. The summed E-state index contributed by atoms with van der Waals surface area (Å²) >= 11 is 0. The zero-order chi connectivity index (χ0) is 49.2. The molecule has 0 atom stereocenters. The van der Waals surface area contributed by atoms with Crippen molar-refractivity contribution in [2.24, 2.45) is 4.99 Å². The minimum absolute atomic E-state index is 0.298. The fourth-order valence-electron chi connectivity index (χ4n) is 10.1. The highest BCUT2D eigenvalue weighted by Crippen LogP contribution is 2.51. The van der Waals surface area contributed by atoms with Crippen molar-refractivity contribution in [1.29, 1.82) is 0 Å². The molecule has 0 fully saturated rings. The molecular formula is C66H69N3. The summed E-state index contributed by atoms with van der Waals surface area (Å²) in [6, 6.07) is 57.5. The van der Waals surface area contributed by atoms with E-state index < -0.39 is 0 Å². The normalized spacial score (nSPS) is 14.4. The third-order valence-corrected chi connectivity index (χ3v) is 13.3. The van der Waals surface area contributed by atoms with Crippen molar-refractivity contribution in [2.75, 3.05) is 16.8 Å². The van der Waals surface area contributed by atoms with E-state index >= 15 is 0 Å². The number of rotatable bonds is 10. The quantitative estimate of drug-likeness (QED) is 0.127. The minimum Gasteiger partial charge on any atom is -0.316 e. The largest absolute Gasteiger partial charge is 0.316 e. The predicted octanol–water partition coefficient (Wildman–Crippen LogP) is 18.9. The van der Waals surface area contributed by atoms with Gasteiger partial charge in [-0.05, 0) is 137 Å². The molecule has 7 aromatic carbocycles. The zero-order valence-electron chi connectivity index (χ0n) is 42.7. The van der Waals surface area contributed by atoms with Crippen molar-refractivity contribution in [1.82, 2.24) is 0 Å². The lowest BCUT2D eigenvalue weighted by molar-refractivity contribution is 0.621. The number of fused-ring (bicyclic) bond motifs is 3. The smallest absolute Gasteiger partial charge is 0.0721 e. The molecule has 3 heteroatoms. The molecule has 2 heterocycles. The van der Waals surface area contributed by atoms with Crippen LogP contribution in [0.3, 0.4) is 0 Å². The van der Waals surface area contributed by atoms with Crippen LogP contribution in [0.25, 0.3) is 38.6 Å². The van der Waals surface area contributed by atoms with Gasteiger partial charge >= 0.3 is 0 Å². The van der Waals surface area contributed by atoms with Crippen LogP contribution in [0.1, 0.15) is 97.9 Å². The highest BCUT2D eigenvalue weighted by atomic mass is 15.2. The molecule has 0 spiro atoms. The number of para-hydroxylation sites is 1. The summed E-state index contributed by atoms with van der Waals surface area (Å²) < 4.78 is 0. The van der Waals surface area contributed by atoms with Crippen molar-refractivity contribution in [3.63, 3.8) is 0 Å². The third kappa shape index (κ3) is 9.39. The number of allylic oxidation sites excluding steroid dienone is 9. The van der Waals surface area contributed by atoms with Crippen molar-refractivity contribution in [2.45, 2.75) is 81.1 Å². The van der Waals surface area contributed by atoms with E-state index in [4.69, 9.17) is 4.99 Å². The van der Waals surface area contributed by atoms with Gasteiger partial charge in [-0.1, -0.05) is 195 Å². The van der Waals surface area contributed by atoms with Gasteiger partial charge in [-0.25, -0.2) is 0 Å². The lowest BCUT2D eigenvalue weighted by atomic mass is 9.72. The first kappa shape index (κ1) is 49.4. The van der Waals surface area contributed by atoms with E-state index in [9.17, 15) is 0 Å². The Morgan fingerprint density at radius 1 is 0.652 bits per heavy atom. The molecule has 2 aliphatic heterocycles. The number of benzene rings is 7. The second kappa shape index (κ2) is 22.1. The van der Waals surface area contributed by atoms with Crippen LogP contribution in [0.4, 0.5) is 22.7 Å². The lowest BCUT2D eigenvalue weighted by Gasteiger charge is -2.42. The molecule has 9 rings (SSSR count). The highest BCUT2D eigenvalue weighted by molar-refractivity contribution is 6.20. The van der Waals surface area contributed by atoms with Crippen molar-refractivity contribution in [3.05, 3.63) is 246 Å². The zero-order valence-corrected chi connectivity index (χ0v) is 42.7. The second-order valence-corrected chi connectivity index (χ2v) is 17.4. The lowest BCUT2D eigenvalue weighted by Crippen LogP contribution is -2.33. The Kier molecular flexibility index (Phi) is 15.8. The Balaban J connectivity index is 0.00000171. The fraction of sp³-hybridized carbons (Fsp3) is 0.197. The maximum atomic E-state index is 4.92. The van der Waals surface area contributed by atoms with Gasteiger partial charge in [-0.2, -0.15) is 0 Å². The van der Waals surface area contributed by atoms with Crippen LogP contribution in [0.15, 0.2) is 228 Å². The summed E-state index contributed by atoms with van der Waals surface area (Å²) in [5, 5.41) is 2.39. The Morgan fingerprint density at radius 2 is 1.30 bits per heavy atom. The van der Waals surface area contributed by atoms with E-state index in [1.807, 2.05) is 40.8 Å². The van der Waals surface area contributed by atoms with Gasteiger partial charge in [0.1, 0.15) is 0 Å². The number of nitrogens with zero attached hydrogens (tertiary/aromatic N) is 3. The summed E-state index contributed by atoms with van der Waals surface area (Å²) in [6.45, 7) is 25.8. The number of hydrogen-bond acceptors (Lipinski definition) is 3. The monoisotopic (exact) mass is 904 g/mol. The molecule has 0 bridgehead atoms. The van der Waals surface area contributed by atoms with Crippen LogP contribution in [-0.4, -0.2) is 12.8 Å². The van der Waals surface area contributed by atoms with E-state index in [1.54, 1.807) is 0 Å². The summed E-state index contributed by atoms with van der Waals surface area (Å²) in [6.07, 6.45) is 14.0. The summed E-state index contributed by atoms with van der Waals surface area (Å²) in [7, 11) is 1.90. The van der Waals surface area contributed by atoms with Gasteiger partial charge in [0.05, 0.1) is 17.1 Å². The first-order chi connectivity index (χ1) is 33.7.